The van der Waals surface area contributed by atoms with Crippen LogP contribution in [0.25, 0.3) is 22.7 Å². The quantitative estimate of drug-likeness (QED) is 0.319. The first kappa shape index (κ1) is 22.5. The Morgan fingerprint density at radius 3 is 2.71 bits per heavy atom. The molecule has 0 spiro atoms. The Balaban J connectivity index is 1.29. The molecule has 1 amide bonds. The van der Waals surface area contributed by atoms with Gasteiger partial charge in [0.1, 0.15) is 11.4 Å². The lowest BCUT2D eigenvalue weighted by Crippen LogP contribution is -2.37. The molecule has 4 heterocycles. The lowest BCUT2D eigenvalue weighted by Gasteiger charge is -2.26. The van der Waals surface area contributed by atoms with Crippen LogP contribution in [0.4, 0.5) is 5.13 Å². The summed E-state index contributed by atoms with van der Waals surface area (Å²) in [6.07, 6.45) is 3.36. The highest BCUT2D eigenvalue weighted by molar-refractivity contribution is 7.14. The summed E-state index contributed by atoms with van der Waals surface area (Å²) in [4.78, 5) is 22.0. The molecule has 4 aromatic rings. The minimum atomic E-state index is -0.195. The molecule has 0 aliphatic carbocycles. The van der Waals surface area contributed by atoms with Gasteiger partial charge in [0.15, 0.2) is 16.7 Å². The van der Waals surface area contributed by atoms with Crippen molar-refractivity contribution in [3.8, 4) is 22.7 Å². The van der Waals surface area contributed by atoms with Gasteiger partial charge < -0.3 is 13.7 Å². The molecule has 1 aliphatic rings. The number of anilines is 1. The van der Waals surface area contributed by atoms with Crippen LogP contribution in [0.15, 0.2) is 69.1 Å². The van der Waals surface area contributed by atoms with Crippen molar-refractivity contribution in [2.24, 2.45) is 0 Å². The van der Waals surface area contributed by atoms with E-state index in [-0.39, 0.29) is 5.91 Å². The van der Waals surface area contributed by atoms with Crippen molar-refractivity contribution in [2.75, 3.05) is 44.3 Å². The number of nitrogens with zero attached hydrogens (tertiary/aromatic N) is 4. The van der Waals surface area contributed by atoms with Gasteiger partial charge >= 0.3 is 0 Å². The van der Waals surface area contributed by atoms with Gasteiger partial charge in [-0.3, -0.25) is 14.6 Å². The minimum Gasteiger partial charge on any atom is -0.459 e. The van der Waals surface area contributed by atoms with Crippen molar-refractivity contribution in [2.45, 2.75) is 12.8 Å². The van der Waals surface area contributed by atoms with Gasteiger partial charge in [-0.05, 0) is 31.5 Å². The average molecular weight is 479 g/mol. The number of benzene rings is 1. The Bertz CT molecular complexity index is 1180. The van der Waals surface area contributed by atoms with Crippen LogP contribution in [0.2, 0.25) is 0 Å². The van der Waals surface area contributed by atoms with E-state index in [0.717, 1.165) is 56.9 Å². The van der Waals surface area contributed by atoms with E-state index in [1.54, 1.807) is 17.0 Å². The van der Waals surface area contributed by atoms with Crippen LogP contribution in [-0.4, -0.2) is 60.3 Å². The summed E-state index contributed by atoms with van der Waals surface area (Å²) < 4.78 is 16.3. The second-order valence-electron chi connectivity index (χ2n) is 8.05. The van der Waals surface area contributed by atoms with Crippen LogP contribution in [0, 0.1) is 0 Å². The standard InChI is InChI=1S/C25H26N4O4S/c30-24(22-9-6-14-32-22)29(11-5-4-10-28-12-15-31-16-13-28)25-26-21(18-34-25)23-17-20(27-33-23)19-7-2-1-3-8-19/h1-3,6-9,14,17-18H,4-5,10-13,15-16H2. The van der Waals surface area contributed by atoms with Gasteiger partial charge in [0.05, 0.1) is 19.5 Å². The minimum absolute atomic E-state index is 0.195. The number of unbranched alkanes of at least 4 members (excludes halogenated alkanes) is 1. The first-order valence-electron chi connectivity index (χ1n) is 11.4. The molecular formula is C25H26N4O4S. The summed E-state index contributed by atoms with van der Waals surface area (Å²) in [6.45, 7) is 5.06. The summed E-state index contributed by atoms with van der Waals surface area (Å²) in [5.41, 5.74) is 2.37. The van der Waals surface area contributed by atoms with Crippen LogP contribution in [0.3, 0.4) is 0 Å². The van der Waals surface area contributed by atoms with Crippen LogP contribution in [0.1, 0.15) is 23.4 Å². The number of ether oxygens (including phenoxy) is 1. The summed E-state index contributed by atoms with van der Waals surface area (Å²) in [5.74, 6) is 0.676. The zero-order valence-electron chi connectivity index (χ0n) is 18.8. The zero-order chi connectivity index (χ0) is 23.2. The maximum Gasteiger partial charge on any atom is 0.295 e. The topological polar surface area (TPSA) is 84.8 Å². The smallest absolute Gasteiger partial charge is 0.295 e. The summed E-state index contributed by atoms with van der Waals surface area (Å²) in [5, 5.41) is 6.68. The highest BCUT2D eigenvalue weighted by atomic mass is 32.1. The van der Waals surface area contributed by atoms with Crippen molar-refractivity contribution in [3.05, 3.63) is 65.9 Å². The molecule has 0 bridgehead atoms. The number of furan rings is 1. The van der Waals surface area contributed by atoms with Crippen molar-refractivity contribution in [1.82, 2.24) is 15.0 Å². The van der Waals surface area contributed by atoms with E-state index in [1.165, 1.54) is 17.6 Å². The van der Waals surface area contributed by atoms with E-state index in [2.05, 4.69) is 10.1 Å². The Morgan fingerprint density at radius 1 is 1.06 bits per heavy atom. The fourth-order valence-corrected chi connectivity index (χ4v) is 4.73. The van der Waals surface area contributed by atoms with Crippen LogP contribution in [0.5, 0.6) is 0 Å². The Morgan fingerprint density at radius 2 is 1.91 bits per heavy atom. The van der Waals surface area contributed by atoms with Crippen LogP contribution < -0.4 is 4.90 Å². The highest BCUT2D eigenvalue weighted by Gasteiger charge is 2.24. The second kappa shape index (κ2) is 10.8. The molecule has 9 heteroatoms. The first-order valence-corrected chi connectivity index (χ1v) is 12.3. The third-order valence-electron chi connectivity index (χ3n) is 5.74. The van der Waals surface area contributed by atoms with Gasteiger partial charge in [-0.1, -0.05) is 35.5 Å². The lowest BCUT2D eigenvalue weighted by atomic mass is 10.1. The number of carbonyl (C=O) groups excluding carboxylic acids is 1. The predicted octanol–water partition coefficient (Wildman–Crippen LogP) is 4.82. The molecule has 0 atom stereocenters. The molecule has 0 N–H and O–H groups in total. The normalized spacial score (nSPS) is 14.4. The van der Waals surface area contributed by atoms with Crippen molar-refractivity contribution in [3.63, 3.8) is 0 Å². The van der Waals surface area contributed by atoms with Crippen molar-refractivity contribution < 1.29 is 18.5 Å². The molecule has 0 unspecified atom stereocenters. The molecule has 3 aromatic heterocycles. The number of rotatable bonds is 9. The maximum absolute atomic E-state index is 13.2. The third-order valence-corrected chi connectivity index (χ3v) is 6.61. The van der Waals surface area contributed by atoms with Gasteiger partial charge in [-0.25, -0.2) is 4.98 Å². The van der Waals surface area contributed by atoms with Gasteiger partial charge in [-0.2, -0.15) is 0 Å². The molecule has 176 valence electrons. The second-order valence-corrected chi connectivity index (χ2v) is 8.89. The fourth-order valence-electron chi connectivity index (χ4n) is 3.89. The van der Waals surface area contributed by atoms with Crippen molar-refractivity contribution >= 4 is 22.4 Å². The predicted molar refractivity (Wildman–Crippen MR) is 130 cm³/mol. The average Bonchev–Trinajstić information content (AvgIpc) is 3.67. The van der Waals surface area contributed by atoms with E-state index in [4.69, 9.17) is 18.7 Å². The number of morpholine rings is 1. The molecule has 1 aromatic carbocycles. The van der Waals surface area contributed by atoms with Crippen LogP contribution >= 0.6 is 11.3 Å². The molecule has 5 rings (SSSR count). The molecule has 1 fully saturated rings. The van der Waals surface area contributed by atoms with E-state index < -0.39 is 0 Å². The number of aromatic nitrogens is 2. The van der Waals surface area contributed by atoms with Gasteiger partial charge in [0, 0.05) is 36.6 Å². The molecule has 0 radical (unpaired) electrons. The largest absolute Gasteiger partial charge is 0.459 e. The van der Waals surface area contributed by atoms with Gasteiger partial charge in [0.2, 0.25) is 0 Å². The number of hydrogen-bond donors (Lipinski definition) is 0. The third kappa shape index (κ3) is 5.27. The molecule has 1 saturated heterocycles. The van der Waals surface area contributed by atoms with Crippen LogP contribution in [-0.2, 0) is 4.74 Å². The van der Waals surface area contributed by atoms with E-state index in [0.29, 0.717) is 28.9 Å². The molecule has 0 saturated carbocycles. The molecule has 8 nitrogen and oxygen atoms in total. The molecular weight excluding hydrogens is 452 g/mol. The monoisotopic (exact) mass is 478 g/mol. The first-order chi connectivity index (χ1) is 16.8. The maximum atomic E-state index is 13.2. The number of carbonyl (C=O) groups is 1. The SMILES string of the molecule is O=C(c1ccco1)N(CCCCN1CCOCC1)c1nc(-c2cc(-c3ccccc3)no2)cs1. The number of hydrogen-bond acceptors (Lipinski definition) is 8. The number of amides is 1. The Kier molecular flexibility index (Phi) is 7.13. The molecule has 34 heavy (non-hydrogen) atoms. The van der Waals surface area contributed by atoms with E-state index >= 15 is 0 Å². The summed E-state index contributed by atoms with van der Waals surface area (Å²) >= 11 is 1.41. The highest BCUT2D eigenvalue weighted by Crippen LogP contribution is 2.31. The van der Waals surface area contributed by atoms with Crippen molar-refractivity contribution in [1.29, 1.82) is 0 Å². The Hall–Kier alpha value is -3.27. The van der Waals surface area contributed by atoms with E-state index in [1.807, 2.05) is 41.8 Å². The summed E-state index contributed by atoms with van der Waals surface area (Å²) in [7, 11) is 0. The fraction of sp³-hybridized carbons (Fsp3) is 0.320. The van der Waals surface area contributed by atoms with E-state index in [9.17, 15) is 4.79 Å². The van der Waals surface area contributed by atoms with Gasteiger partial charge in [0.25, 0.3) is 5.91 Å². The lowest BCUT2D eigenvalue weighted by molar-refractivity contribution is 0.0372. The Labute approximate surface area is 201 Å². The number of thiazole rings is 1. The summed E-state index contributed by atoms with van der Waals surface area (Å²) in [6, 6.07) is 15.1. The zero-order valence-corrected chi connectivity index (χ0v) is 19.6. The van der Waals surface area contributed by atoms with Gasteiger partial charge in [-0.15, -0.1) is 11.3 Å². The molecule has 1 aliphatic heterocycles.